The molecule has 0 radical (unpaired) electrons. The number of thioether (sulfide) groups is 1. The first-order valence-corrected chi connectivity index (χ1v) is 8.15. The van der Waals surface area contributed by atoms with Crippen LogP contribution in [-0.4, -0.2) is 46.1 Å². The van der Waals surface area contributed by atoms with Crippen molar-refractivity contribution in [1.82, 2.24) is 14.7 Å². The van der Waals surface area contributed by atoms with Crippen molar-refractivity contribution >= 4 is 23.3 Å². The number of amides is 1. The highest BCUT2D eigenvalue weighted by molar-refractivity contribution is 7.99. The van der Waals surface area contributed by atoms with Gasteiger partial charge in [0, 0.05) is 25.6 Å². The molecule has 1 N–H and O–H groups in total. The minimum Gasteiger partial charge on any atom is -0.376 e. The molecule has 0 aromatic carbocycles. The van der Waals surface area contributed by atoms with Crippen molar-refractivity contribution in [2.75, 3.05) is 25.2 Å². The Morgan fingerprint density at radius 3 is 3.14 bits per heavy atom. The molecule has 0 aliphatic carbocycles. The quantitative estimate of drug-likeness (QED) is 0.937. The van der Waals surface area contributed by atoms with E-state index in [1.54, 1.807) is 7.11 Å². The lowest BCUT2D eigenvalue weighted by Crippen LogP contribution is -2.44. The molecule has 6 heteroatoms. The highest BCUT2D eigenvalue weighted by Gasteiger charge is 2.35. The van der Waals surface area contributed by atoms with E-state index in [0.717, 1.165) is 29.3 Å². The van der Waals surface area contributed by atoms with Gasteiger partial charge in [-0.15, -0.1) is 0 Å². The van der Waals surface area contributed by atoms with Crippen LogP contribution in [0.5, 0.6) is 0 Å². The van der Waals surface area contributed by atoms with Gasteiger partial charge in [-0.2, -0.15) is 11.8 Å². The van der Waals surface area contributed by atoms with Crippen molar-refractivity contribution in [1.29, 1.82) is 0 Å². The summed E-state index contributed by atoms with van der Waals surface area (Å²) in [6.07, 6.45) is 2.84. The number of aryl methyl sites for hydroxylation is 1. The largest absolute Gasteiger partial charge is 0.376 e. The third kappa shape index (κ3) is 2.65. The molecule has 1 atom stereocenters. The molecule has 2 aromatic rings. The number of carbonyl (C=O) groups is 1. The van der Waals surface area contributed by atoms with Crippen LogP contribution in [0.15, 0.2) is 24.4 Å². The lowest BCUT2D eigenvalue weighted by molar-refractivity contribution is 0.0136. The first-order valence-electron chi connectivity index (χ1n) is 7.00. The van der Waals surface area contributed by atoms with Crippen LogP contribution in [0, 0.1) is 6.92 Å². The number of imidazole rings is 1. The van der Waals surface area contributed by atoms with Gasteiger partial charge in [-0.3, -0.25) is 9.20 Å². The summed E-state index contributed by atoms with van der Waals surface area (Å²) in [5, 5.41) is 3.01. The van der Waals surface area contributed by atoms with Crippen LogP contribution in [0.2, 0.25) is 0 Å². The number of hydrogen-bond donors (Lipinski definition) is 1. The molecule has 112 valence electrons. The van der Waals surface area contributed by atoms with E-state index in [1.165, 1.54) is 0 Å². The number of aromatic nitrogens is 2. The maximum atomic E-state index is 12.5. The molecule has 0 saturated carbocycles. The predicted octanol–water partition coefficient (Wildman–Crippen LogP) is 1.89. The first kappa shape index (κ1) is 14.4. The van der Waals surface area contributed by atoms with E-state index in [2.05, 4.69) is 10.3 Å². The number of ether oxygens (including phenoxy) is 1. The van der Waals surface area contributed by atoms with Gasteiger partial charge in [-0.25, -0.2) is 4.98 Å². The molecular formula is C15H19N3O2S. The summed E-state index contributed by atoms with van der Waals surface area (Å²) < 4.78 is 7.45. The number of pyridine rings is 1. The Hall–Kier alpha value is -1.53. The minimum atomic E-state index is -0.227. The Morgan fingerprint density at radius 1 is 1.57 bits per heavy atom. The van der Waals surface area contributed by atoms with Crippen molar-refractivity contribution in [3.05, 3.63) is 35.8 Å². The Balaban J connectivity index is 1.80. The highest BCUT2D eigenvalue weighted by atomic mass is 32.2. The Morgan fingerprint density at radius 2 is 2.43 bits per heavy atom. The molecule has 21 heavy (non-hydrogen) atoms. The molecule has 1 amide bonds. The highest BCUT2D eigenvalue weighted by Crippen LogP contribution is 2.30. The second-order valence-corrected chi connectivity index (χ2v) is 6.45. The molecule has 0 spiro atoms. The van der Waals surface area contributed by atoms with E-state index < -0.39 is 0 Å². The molecule has 0 bridgehead atoms. The van der Waals surface area contributed by atoms with Crippen LogP contribution in [0.25, 0.3) is 5.65 Å². The molecular weight excluding hydrogens is 286 g/mol. The monoisotopic (exact) mass is 305 g/mol. The summed E-state index contributed by atoms with van der Waals surface area (Å²) in [5.74, 6) is 1.91. The SMILES string of the molecule is CO[C@@]1(CNC(=O)c2c(C)nc3ccccn23)CCSC1. The van der Waals surface area contributed by atoms with E-state index in [-0.39, 0.29) is 11.5 Å². The number of fused-ring (bicyclic) bond motifs is 1. The maximum Gasteiger partial charge on any atom is 0.270 e. The Kier molecular flexibility index (Phi) is 3.91. The van der Waals surface area contributed by atoms with Gasteiger partial charge in [0.15, 0.2) is 0 Å². The summed E-state index contributed by atoms with van der Waals surface area (Å²) in [4.78, 5) is 16.9. The third-order valence-electron chi connectivity index (χ3n) is 3.99. The van der Waals surface area contributed by atoms with Gasteiger partial charge in [-0.05, 0) is 31.2 Å². The lowest BCUT2D eigenvalue weighted by Gasteiger charge is -2.26. The minimum absolute atomic E-state index is 0.0977. The molecule has 5 nitrogen and oxygen atoms in total. The molecule has 1 fully saturated rings. The van der Waals surface area contributed by atoms with E-state index in [4.69, 9.17) is 4.74 Å². The molecule has 1 saturated heterocycles. The number of nitrogens with one attached hydrogen (secondary N) is 1. The van der Waals surface area contributed by atoms with Crippen LogP contribution in [0.4, 0.5) is 0 Å². The van der Waals surface area contributed by atoms with E-state index >= 15 is 0 Å². The fourth-order valence-corrected chi connectivity index (χ4v) is 4.07. The fraction of sp³-hybridized carbons (Fsp3) is 0.467. The smallest absolute Gasteiger partial charge is 0.270 e. The third-order valence-corrected chi connectivity index (χ3v) is 5.21. The topological polar surface area (TPSA) is 55.6 Å². The maximum absolute atomic E-state index is 12.5. The standard InChI is InChI=1S/C15H19N3O2S/c1-11-13(18-7-4-3-5-12(18)17-11)14(19)16-9-15(20-2)6-8-21-10-15/h3-5,7H,6,8-10H2,1-2H3,(H,16,19)/t15-/m1/s1. The average molecular weight is 305 g/mol. The predicted molar refractivity (Wildman–Crippen MR) is 83.9 cm³/mol. The molecule has 3 heterocycles. The summed E-state index contributed by atoms with van der Waals surface area (Å²) in [7, 11) is 1.72. The van der Waals surface area contributed by atoms with E-state index in [9.17, 15) is 4.79 Å². The van der Waals surface area contributed by atoms with Gasteiger partial charge >= 0.3 is 0 Å². The van der Waals surface area contributed by atoms with E-state index in [0.29, 0.717) is 12.2 Å². The number of rotatable bonds is 4. The summed E-state index contributed by atoms with van der Waals surface area (Å²) in [5.41, 5.74) is 1.90. The molecule has 1 aliphatic heterocycles. The molecule has 2 aromatic heterocycles. The van der Waals surface area contributed by atoms with Crippen molar-refractivity contribution in [3.8, 4) is 0 Å². The molecule has 3 rings (SSSR count). The van der Waals surface area contributed by atoms with Gasteiger partial charge < -0.3 is 10.1 Å². The zero-order chi connectivity index (χ0) is 14.9. The van der Waals surface area contributed by atoms with Crippen molar-refractivity contribution in [2.24, 2.45) is 0 Å². The Labute approximate surface area is 128 Å². The molecule has 1 aliphatic rings. The van der Waals surface area contributed by atoms with Crippen LogP contribution in [-0.2, 0) is 4.74 Å². The van der Waals surface area contributed by atoms with Crippen molar-refractivity contribution in [3.63, 3.8) is 0 Å². The van der Waals surface area contributed by atoms with Gasteiger partial charge in [0.05, 0.1) is 11.3 Å². The van der Waals surface area contributed by atoms with Crippen LogP contribution >= 0.6 is 11.8 Å². The fourth-order valence-electron chi connectivity index (χ4n) is 2.67. The normalized spacial score (nSPS) is 21.8. The summed E-state index contributed by atoms with van der Waals surface area (Å²) >= 11 is 1.87. The van der Waals surface area contributed by atoms with Crippen LogP contribution < -0.4 is 5.32 Å². The number of hydrogen-bond acceptors (Lipinski definition) is 4. The Bertz CT molecular complexity index is 662. The summed E-state index contributed by atoms with van der Waals surface area (Å²) in [6, 6.07) is 5.71. The lowest BCUT2D eigenvalue weighted by atomic mass is 10.0. The average Bonchev–Trinajstić information content (AvgIpc) is 3.09. The number of nitrogens with zero attached hydrogens (tertiary/aromatic N) is 2. The van der Waals surface area contributed by atoms with Crippen LogP contribution in [0.1, 0.15) is 22.6 Å². The zero-order valence-corrected chi connectivity index (χ0v) is 13.1. The van der Waals surface area contributed by atoms with Crippen molar-refractivity contribution in [2.45, 2.75) is 18.9 Å². The number of methoxy groups -OCH3 is 1. The number of carbonyl (C=O) groups excluding carboxylic acids is 1. The first-order chi connectivity index (χ1) is 10.2. The van der Waals surface area contributed by atoms with Crippen molar-refractivity contribution < 1.29 is 9.53 Å². The van der Waals surface area contributed by atoms with E-state index in [1.807, 2.05) is 47.5 Å². The molecule has 0 unspecified atom stereocenters. The summed E-state index contributed by atoms with van der Waals surface area (Å²) in [6.45, 7) is 2.40. The van der Waals surface area contributed by atoms with Gasteiger partial charge in [-0.1, -0.05) is 6.07 Å². The van der Waals surface area contributed by atoms with Gasteiger partial charge in [0.1, 0.15) is 11.3 Å². The van der Waals surface area contributed by atoms with Gasteiger partial charge in [0.2, 0.25) is 0 Å². The zero-order valence-electron chi connectivity index (χ0n) is 12.3. The second kappa shape index (κ2) is 5.69. The van der Waals surface area contributed by atoms with Gasteiger partial charge in [0.25, 0.3) is 5.91 Å². The second-order valence-electron chi connectivity index (χ2n) is 5.35. The van der Waals surface area contributed by atoms with Crippen LogP contribution in [0.3, 0.4) is 0 Å².